The Balaban J connectivity index is 3.81. The number of nitrogens with one attached hydrogen (secondary N) is 1. The Morgan fingerprint density at radius 3 is 2.50 bits per heavy atom. The van der Waals surface area contributed by atoms with Crippen LogP contribution in [-0.2, 0) is 9.53 Å². The number of hydrogen-bond acceptors (Lipinski definition) is 3. The number of alkyl halides is 3. The minimum Gasteiger partial charge on any atom is -0.440 e. The van der Waals surface area contributed by atoms with Crippen LogP contribution in [0.25, 0.3) is 10.4 Å². The molecule has 0 unspecified atom stereocenters. The second-order valence-electron chi connectivity index (χ2n) is 1.75. The first-order chi connectivity index (χ1) is 6.38. The molecule has 78 valence electrons. The third kappa shape index (κ3) is 6.19. The van der Waals surface area contributed by atoms with Gasteiger partial charge in [-0.15, -0.1) is 0 Å². The minimum atomic E-state index is -1.11. The predicted molar refractivity (Wildman–Crippen MR) is 58.1 cm³/mol. The lowest BCUT2D eigenvalue weighted by atomic mass is 10.7. The highest BCUT2D eigenvalue weighted by molar-refractivity contribution is 9.40. The Morgan fingerprint density at radius 2 is 2.07 bits per heavy atom. The van der Waals surface area contributed by atoms with E-state index in [2.05, 4.69) is 67.9 Å². The van der Waals surface area contributed by atoms with Crippen molar-refractivity contribution in [2.75, 3.05) is 6.73 Å². The van der Waals surface area contributed by atoms with Crippen molar-refractivity contribution >= 4 is 59.8 Å². The van der Waals surface area contributed by atoms with Crippen molar-refractivity contribution < 1.29 is 14.3 Å². The van der Waals surface area contributed by atoms with Crippen molar-refractivity contribution in [2.24, 2.45) is 5.11 Å². The molecule has 1 N–H and O–H groups in total. The maximum Gasteiger partial charge on any atom is 0.398 e. The van der Waals surface area contributed by atoms with Gasteiger partial charge in [-0.2, -0.15) is 0 Å². The van der Waals surface area contributed by atoms with Gasteiger partial charge >= 0.3 is 6.09 Å². The SMILES string of the molecule is [N-]=[N+]=NC(=O)OCNC(=O)C(Br)(Br)Br. The molecular formula is C4H3Br3N4O3. The van der Waals surface area contributed by atoms with Gasteiger partial charge in [-0.05, 0) is 53.3 Å². The van der Waals surface area contributed by atoms with Crippen molar-refractivity contribution in [3.05, 3.63) is 10.4 Å². The molecule has 7 nitrogen and oxygen atoms in total. The summed E-state index contributed by atoms with van der Waals surface area (Å²) in [5, 5.41) is 4.82. The number of hydrogen-bond donors (Lipinski definition) is 1. The van der Waals surface area contributed by atoms with E-state index in [1.807, 2.05) is 0 Å². The number of carbonyl (C=O) groups excluding carboxylic acids is 2. The summed E-state index contributed by atoms with van der Waals surface area (Å²) in [5.41, 5.74) is 7.82. The van der Waals surface area contributed by atoms with E-state index in [4.69, 9.17) is 5.53 Å². The molecule has 0 spiro atoms. The lowest BCUT2D eigenvalue weighted by molar-refractivity contribution is -0.120. The van der Waals surface area contributed by atoms with Gasteiger partial charge in [-0.25, -0.2) is 4.79 Å². The Kier molecular flexibility index (Phi) is 6.09. The van der Waals surface area contributed by atoms with Crippen LogP contribution in [0.5, 0.6) is 0 Å². The molecule has 0 bridgehead atoms. The van der Waals surface area contributed by atoms with Crippen LogP contribution in [0.1, 0.15) is 0 Å². The maximum absolute atomic E-state index is 11.1. The van der Waals surface area contributed by atoms with Gasteiger partial charge in [0.1, 0.15) is 0 Å². The number of halogens is 3. The average molecular weight is 395 g/mol. The van der Waals surface area contributed by atoms with Crippen molar-refractivity contribution in [1.29, 1.82) is 0 Å². The van der Waals surface area contributed by atoms with Crippen LogP contribution >= 0.6 is 47.8 Å². The standard InChI is InChI=1S/C4H3Br3N4O3/c5-4(6,7)2(12)9-1-14-3(13)10-11-8/h1H2,(H,9,12). The molecule has 0 aliphatic rings. The summed E-state index contributed by atoms with van der Waals surface area (Å²) in [7, 11) is 0. The molecule has 2 amide bonds. The third-order valence-corrected chi connectivity index (χ3v) is 1.89. The lowest BCUT2D eigenvalue weighted by Gasteiger charge is -2.11. The number of amides is 2. The molecule has 14 heavy (non-hydrogen) atoms. The predicted octanol–water partition coefficient (Wildman–Crippen LogP) is 2.35. The summed E-state index contributed by atoms with van der Waals surface area (Å²) in [5.74, 6) is -0.508. The van der Waals surface area contributed by atoms with E-state index in [9.17, 15) is 9.59 Å². The fourth-order valence-corrected chi connectivity index (χ4v) is 0.750. The molecule has 0 radical (unpaired) electrons. The molecular weight excluding hydrogens is 392 g/mol. The van der Waals surface area contributed by atoms with Gasteiger partial charge in [-0.1, -0.05) is 0 Å². The molecule has 0 aromatic heterocycles. The zero-order chi connectivity index (χ0) is 11.2. The zero-order valence-electron chi connectivity index (χ0n) is 6.41. The smallest absolute Gasteiger partial charge is 0.398 e. The topological polar surface area (TPSA) is 104 Å². The second-order valence-corrected chi connectivity index (χ2v) is 8.51. The van der Waals surface area contributed by atoms with E-state index in [0.29, 0.717) is 0 Å². The summed E-state index contributed by atoms with van der Waals surface area (Å²) in [4.78, 5) is 23.7. The van der Waals surface area contributed by atoms with Crippen LogP contribution < -0.4 is 5.32 Å². The minimum absolute atomic E-state index is 0.388. The molecule has 0 saturated carbocycles. The Morgan fingerprint density at radius 1 is 1.50 bits per heavy atom. The van der Waals surface area contributed by atoms with Gasteiger partial charge in [-0.3, -0.25) is 4.79 Å². The summed E-state index contributed by atoms with van der Waals surface area (Å²) in [6.45, 7) is -0.388. The second kappa shape index (κ2) is 6.23. The molecule has 0 atom stereocenters. The Bertz CT molecular complexity index is 282. The lowest BCUT2D eigenvalue weighted by Crippen LogP contribution is -2.35. The van der Waals surface area contributed by atoms with Crippen LogP contribution in [0.15, 0.2) is 5.11 Å². The molecule has 0 rings (SSSR count). The van der Waals surface area contributed by atoms with Crippen LogP contribution in [-0.4, -0.2) is 20.9 Å². The Labute approximate surface area is 104 Å². The van der Waals surface area contributed by atoms with Gasteiger partial charge in [0.15, 0.2) is 6.73 Å². The van der Waals surface area contributed by atoms with Gasteiger partial charge in [0.05, 0.1) is 0 Å². The molecule has 0 aliphatic carbocycles. The summed E-state index contributed by atoms with van der Waals surface area (Å²) < 4.78 is 3.18. The van der Waals surface area contributed by atoms with E-state index in [-0.39, 0.29) is 6.73 Å². The van der Waals surface area contributed by atoms with Crippen LogP contribution in [0, 0.1) is 0 Å². The van der Waals surface area contributed by atoms with E-state index >= 15 is 0 Å². The van der Waals surface area contributed by atoms with Crippen LogP contribution in [0.4, 0.5) is 4.79 Å². The number of ether oxygens (including phenoxy) is 1. The number of carbonyl (C=O) groups is 2. The first-order valence-electron chi connectivity index (χ1n) is 2.95. The van der Waals surface area contributed by atoms with Crippen LogP contribution in [0.2, 0.25) is 0 Å². The molecule has 0 aliphatic heterocycles. The zero-order valence-corrected chi connectivity index (χ0v) is 11.2. The number of rotatable bonds is 2. The van der Waals surface area contributed by atoms with Gasteiger partial charge in [0.2, 0.25) is 2.14 Å². The van der Waals surface area contributed by atoms with E-state index in [1.165, 1.54) is 0 Å². The highest BCUT2D eigenvalue weighted by atomic mass is 80.0. The first kappa shape index (κ1) is 13.7. The number of azide groups is 1. The molecule has 0 fully saturated rings. The summed E-state index contributed by atoms with van der Waals surface area (Å²) >= 11 is 8.82. The van der Waals surface area contributed by atoms with E-state index in [1.54, 1.807) is 0 Å². The summed E-state index contributed by atoms with van der Waals surface area (Å²) in [6, 6.07) is 0. The summed E-state index contributed by atoms with van der Waals surface area (Å²) in [6.07, 6.45) is -1.11. The van der Waals surface area contributed by atoms with Gasteiger partial charge in [0, 0.05) is 10.0 Å². The van der Waals surface area contributed by atoms with Gasteiger partial charge in [0.25, 0.3) is 5.91 Å². The monoisotopic (exact) mass is 392 g/mol. The fourth-order valence-electron chi connectivity index (χ4n) is 0.329. The highest BCUT2D eigenvalue weighted by Crippen LogP contribution is 2.33. The molecule has 0 aromatic carbocycles. The van der Waals surface area contributed by atoms with Crippen molar-refractivity contribution in [3.63, 3.8) is 0 Å². The highest BCUT2D eigenvalue weighted by Gasteiger charge is 2.28. The maximum atomic E-state index is 11.1. The van der Waals surface area contributed by atoms with Crippen molar-refractivity contribution in [1.82, 2.24) is 5.32 Å². The molecule has 0 aromatic rings. The average Bonchev–Trinajstić information content (AvgIpc) is 2.02. The van der Waals surface area contributed by atoms with Gasteiger partial charge < -0.3 is 10.1 Å². The van der Waals surface area contributed by atoms with Crippen molar-refractivity contribution in [2.45, 2.75) is 2.14 Å². The van der Waals surface area contributed by atoms with E-state index < -0.39 is 14.1 Å². The van der Waals surface area contributed by atoms with E-state index in [0.717, 1.165) is 0 Å². The van der Waals surface area contributed by atoms with Crippen LogP contribution in [0.3, 0.4) is 0 Å². The molecule has 0 saturated heterocycles. The largest absolute Gasteiger partial charge is 0.440 e. The fraction of sp³-hybridized carbons (Fsp3) is 0.500. The Hall–Kier alpha value is -0.310. The molecule has 10 heteroatoms. The molecule has 0 heterocycles. The van der Waals surface area contributed by atoms with Crippen molar-refractivity contribution in [3.8, 4) is 0 Å². The first-order valence-corrected chi connectivity index (χ1v) is 5.32. The normalized spacial score (nSPS) is 9.93. The number of nitrogens with zero attached hydrogens (tertiary/aromatic N) is 3. The quantitative estimate of drug-likeness (QED) is 0.255. The third-order valence-electron chi connectivity index (χ3n) is 0.812.